The number of hydrogen-bond donors (Lipinski definition) is 1. The highest BCUT2D eigenvalue weighted by Gasteiger charge is 2.27. The fraction of sp³-hybridized carbons (Fsp3) is 0.583. The van der Waals surface area contributed by atoms with Gasteiger partial charge in [-0.15, -0.1) is 0 Å². The second kappa shape index (κ2) is 5.65. The third kappa shape index (κ3) is 2.87. The number of hydrogen-bond acceptors (Lipinski definition) is 3. The summed E-state index contributed by atoms with van der Waals surface area (Å²) in [6.07, 6.45) is 5.39. The number of aromatic nitrogens is 1. The van der Waals surface area contributed by atoms with Gasteiger partial charge in [0.15, 0.2) is 11.6 Å². The van der Waals surface area contributed by atoms with Gasteiger partial charge in [0.2, 0.25) is 0 Å². The van der Waals surface area contributed by atoms with E-state index >= 15 is 0 Å². The van der Waals surface area contributed by atoms with Gasteiger partial charge in [0, 0.05) is 25.4 Å². The van der Waals surface area contributed by atoms with Gasteiger partial charge >= 0.3 is 0 Å². The lowest BCUT2D eigenvalue weighted by Crippen LogP contribution is -2.42. The molecule has 17 heavy (non-hydrogen) atoms. The van der Waals surface area contributed by atoms with Crippen molar-refractivity contribution in [1.29, 1.82) is 0 Å². The van der Waals surface area contributed by atoms with Crippen molar-refractivity contribution in [2.75, 3.05) is 18.1 Å². The van der Waals surface area contributed by atoms with Gasteiger partial charge in [-0.3, -0.25) is 0 Å². The van der Waals surface area contributed by atoms with E-state index in [2.05, 4.69) is 4.98 Å². The molecule has 1 aliphatic rings. The lowest BCUT2D eigenvalue weighted by Gasteiger charge is -2.38. The van der Waals surface area contributed by atoms with E-state index in [9.17, 15) is 4.39 Å². The van der Waals surface area contributed by atoms with Crippen molar-refractivity contribution < 1.29 is 9.50 Å². The highest BCUT2D eigenvalue weighted by molar-refractivity contribution is 6.30. The normalized spacial score (nSPS) is 15.7. The molecule has 3 nitrogen and oxygen atoms in total. The van der Waals surface area contributed by atoms with Gasteiger partial charge in [-0.1, -0.05) is 11.6 Å². The van der Waals surface area contributed by atoms with Gasteiger partial charge in [-0.2, -0.15) is 0 Å². The molecular weight excluding hydrogens is 243 g/mol. The number of aliphatic hydroxyl groups excluding tert-OH is 1. The van der Waals surface area contributed by atoms with E-state index < -0.39 is 0 Å². The highest BCUT2D eigenvalue weighted by Crippen LogP contribution is 2.30. The Morgan fingerprint density at radius 3 is 2.82 bits per heavy atom. The molecule has 1 aromatic heterocycles. The third-order valence-electron chi connectivity index (χ3n) is 3.13. The van der Waals surface area contributed by atoms with Crippen molar-refractivity contribution >= 4 is 17.4 Å². The Kier molecular flexibility index (Phi) is 4.18. The van der Waals surface area contributed by atoms with Crippen LogP contribution in [0.3, 0.4) is 0 Å². The molecule has 1 N–H and O–H groups in total. The largest absolute Gasteiger partial charge is 0.396 e. The van der Waals surface area contributed by atoms with Crippen LogP contribution in [0.1, 0.15) is 25.7 Å². The van der Waals surface area contributed by atoms with E-state index in [1.165, 1.54) is 18.7 Å². The topological polar surface area (TPSA) is 36.4 Å². The number of pyridine rings is 1. The molecule has 0 unspecified atom stereocenters. The Hall–Kier alpha value is -0.870. The SMILES string of the molecule is OCCCN(c1ncc(Cl)cc1F)C1CCC1. The quantitative estimate of drug-likeness (QED) is 0.882. The van der Waals surface area contributed by atoms with Gasteiger partial charge < -0.3 is 10.0 Å². The number of aliphatic hydroxyl groups is 1. The maximum absolute atomic E-state index is 13.8. The van der Waals surface area contributed by atoms with Crippen LogP contribution in [0.25, 0.3) is 0 Å². The second-order valence-corrected chi connectivity index (χ2v) is 4.75. The van der Waals surface area contributed by atoms with Crippen molar-refractivity contribution in [1.82, 2.24) is 4.98 Å². The van der Waals surface area contributed by atoms with E-state index in [4.69, 9.17) is 16.7 Å². The molecule has 0 aliphatic heterocycles. The predicted molar refractivity (Wildman–Crippen MR) is 65.9 cm³/mol. The molecule has 0 bridgehead atoms. The molecular formula is C12H16ClFN2O. The number of anilines is 1. The molecule has 2 rings (SSSR count). The summed E-state index contributed by atoms with van der Waals surface area (Å²) in [6, 6.07) is 1.64. The molecule has 0 spiro atoms. The van der Waals surface area contributed by atoms with Crippen LogP contribution in [-0.4, -0.2) is 29.3 Å². The molecule has 1 fully saturated rings. The first-order valence-electron chi connectivity index (χ1n) is 5.91. The molecule has 0 radical (unpaired) electrons. The van der Waals surface area contributed by atoms with Crippen molar-refractivity contribution in [2.45, 2.75) is 31.7 Å². The number of rotatable bonds is 5. The van der Waals surface area contributed by atoms with Crippen molar-refractivity contribution in [3.8, 4) is 0 Å². The third-order valence-corrected chi connectivity index (χ3v) is 3.34. The number of halogens is 2. The van der Waals surface area contributed by atoms with Crippen LogP contribution in [0.5, 0.6) is 0 Å². The second-order valence-electron chi connectivity index (χ2n) is 4.31. The first-order valence-corrected chi connectivity index (χ1v) is 6.28. The van der Waals surface area contributed by atoms with Crippen molar-refractivity contribution in [3.63, 3.8) is 0 Å². The van der Waals surface area contributed by atoms with Crippen LogP contribution in [0.15, 0.2) is 12.3 Å². The van der Waals surface area contributed by atoms with Gasteiger partial charge in [0.25, 0.3) is 0 Å². The van der Waals surface area contributed by atoms with Gasteiger partial charge in [-0.25, -0.2) is 9.37 Å². The van der Waals surface area contributed by atoms with Crippen LogP contribution >= 0.6 is 11.6 Å². The summed E-state index contributed by atoms with van der Waals surface area (Å²) >= 11 is 5.69. The molecule has 1 aliphatic carbocycles. The first-order chi connectivity index (χ1) is 8.22. The van der Waals surface area contributed by atoms with E-state index in [0.717, 1.165) is 12.8 Å². The van der Waals surface area contributed by atoms with Crippen LogP contribution in [0, 0.1) is 5.82 Å². The minimum atomic E-state index is -0.387. The van der Waals surface area contributed by atoms with E-state index in [-0.39, 0.29) is 12.4 Å². The maximum atomic E-state index is 13.8. The maximum Gasteiger partial charge on any atom is 0.167 e. The fourth-order valence-electron chi connectivity index (χ4n) is 2.02. The van der Waals surface area contributed by atoms with Crippen LogP contribution < -0.4 is 4.90 Å². The predicted octanol–water partition coefficient (Wildman–Crippen LogP) is 2.62. The van der Waals surface area contributed by atoms with Crippen molar-refractivity contribution in [2.24, 2.45) is 0 Å². The first kappa shape index (κ1) is 12.6. The summed E-state index contributed by atoms with van der Waals surface area (Å²) in [5, 5.41) is 9.19. The summed E-state index contributed by atoms with van der Waals surface area (Å²) in [5.74, 6) is -0.0325. The summed E-state index contributed by atoms with van der Waals surface area (Å²) in [7, 11) is 0. The van der Waals surface area contributed by atoms with Crippen molar-refractivity contribution in [3.05, 3.63) is 23.1 Å². The molecule has 5 heteroatoms. The Morgan fingerprint density at radius 2 is 2.29 bits per heavy atom. The molecule has 1 heterocycles. The molecule has 0 aromatic carbocycles. The van der Waals surface area contributed by atoms with E-state index in [0.29, 0.717) is 29.8 Å². The molecule has 1 aromatic rings. The van der Waals surface area contributed by atoms with Gasteiger partial charge in [-0.05, 0) is 31.7 Å². The smallest absolute Gasteiger partial charge is 0.167 e. The monoisotopic (exact) mass is 258 g/mol. The highest BCUT2D eigenvalue weighted by atomic mass is 35.5. The van der Waals surface area contributed by atoms with Gasteiger partial charge in [0.05, 0.1) is 5.02 Å². The minimum absolute atomic E-state index is 0.110. The zero-order valence-corrected chi connectivity index (χ0v) is 10.3. The molecule has 0 saturated heterocycles. The summed E-state index contributed by atoms with van der Waals surface area (Å²) in [4.78, 5) is 6.02. The standard InChI is InChI=1S/C12H16ClFN2O/c13-9-7-11(14)12(15-8-9)16(5-2-6-17)10-3-1-4-10/h7-8,10,17H,1-6H2. The average Bonchev–Trinajstić information content (AvgIpc) is 2.22. The minimum Gasteiger partial charge on any atom is -0.396 e. The molecule has 0 amide bonds. The Balaban J connectivity index is 2.17. The zero-order valence-electron chi connectivity index (χ0n) is 9.57. The number of nitrogens with zero attached hydrogens (tertiary/aromatic N) is 2. The Bertz CT molecular complexity index is 385. The van der Waals surface area contributed by atoms with E-state index in [1.54, 1.807) is 0 Å². The average molecular weight is 259 g/mol. The Morgan fingerprint density at radius 1 is 1.53 bits per heavy atom. The summed E-state index contributed by atoms with van der Waals surface area (Å²) in [6.45, 7) is 0.741. The fourth-order valence-corrected chi connectivity index (χ4v) is 2.16. The molecule has 1 saturated carbocycles. The van der Waals surface area contributed by atoms with Crippen LogP contribution in [0.4, 0.5) is 10.2 Å². The van der Waals surface area contributed by atoms with Gasteiger partial charge in [0.1, 0.15) is 0 Å². The molecule has 94 valence electrons. The summed E-state index contributed by atoms with van der Waals surface area (Å²) in [5.41, 5.74) is 0. The lowest BCUT2D eigenvalue weighted by molar-refractivity contribution is 0.282. The molecule has 0 atom stereocenters. The summed E-state index contributed by atoms with van der Waals surface area (Å²) < 4.78 is 13.8. The van der Waals surface area contributed by atoms with Crippen LogP contribution in [-0.2, 0) is 0 Å². The lowest BCUT2D eigenvalue weighted by atomic mass is 9.91. The van der Waals surface area contributed by atoms with E-state index in [1.807, 2.05) is 4.90 Å². The Labute approximate surface area is 105 Å². The van der Waals surface area contributed by atoms with Crippen LogP contribution in [0.2, 0.25) is 5.02 Å². The zero-order chi connectivity index (χ0) is 12.3.